The van der Waals surface area contributed by atoms with Gasteiger partial charge in [0.05, 0.1) is 25.4 Å². The molecule has 338 valence electrons. The molecule has 0 saturated carbocycles. The molecule has 1 heterocycles. The van der Waals surface area contributed by atoms with E-state index in [9.17, 15) is 40.5 Å². The van der Waals surface area contributed by atoms with E-state index in [4.69, 9.17) is 9.47 Å². The number of nitrogens with one attached hydrogen (secondary N) is 1. The molecule has 0 aliphatic carbocycles. The minimum Gasteiger partial charge on any atom is -0.394 e. The van der Waals surface area contributed by atoms with Crippen LogP contribution < -0.4 is 5.32 Å². The zero-order chi connectivity index (χ0) is 41.9. The lowest BCUT2D eigenvalue weighted by molar-refractivity contribution is -0.303. The summed E-state index contributed by atoms with van der Waals surface area (Å²) in [5.74, 6) is -0.704. The zero-order valence-electron chi connectivity index (χ0n) is 36.3. The van der Waals surface area contributed by atoms with Gasteiger partial charge in [0.2, 0.25) is 5.91 Å². The van der Waals surface area contributed by atoms with Crippen LogP contribution in [-0.2, 0) is 14.3 Å². The number of aliphatic hydroxyl groups is 7. The van der Waals surface area contributed by atoms with E-state index < -0.39 is 74.2 Å². The number of unbranched alkanes of at least 4 members (excludes halogenated alkanes) is 25. The van der Waals surface area contributed by atoms with Crippen LogP contribution in [0.15, 0.2) is 12.2 Å². The Morgan fingerprint density at radius 1 is 0.596 bits per heavy atom. The highest BCUT2D eigenvalue weighted by Crippen LogP contribution is 2.23. The van der Waals surface area contributed by atoms with E-state index in [0.29, 0.717) is 19.3 Å². The number of hydrogen-bond acceptors (Lipinski definition) is 10. The van der Waals surface area contributed by atoms with Gasteiger partial charge in [0.25, 0.3) is 0 Å². The number of carbonyl (C=O) groups excluding carboxylic acids is 1. The van der Waals surface area contributed by atoms with Crippen LogP contribution in [-0.4, -0.2) is 110 Å². The smallest absolute Gasteiger partial charge is 0.249 e. The van der Waals surface area contributed by atoms with Gasteiger partial charge in [-0.1, -0.05) is 180 Å². The number of allylic oxidation sites excluding steroid dienone is 2. The topological polar surface area (TPSA) is 189 Å². The fourth-order valence-corrected chi connectivity index (χ4v) is 7.61. The van der Waals surface area contributed by atoms with Gasteiger partial charge in [-0.2, -0.15) is 0 Å². The zero-order valence-corrected chi connectivity index (χ0v) is 36.3. The van der Waals surface area contributed by atoms with Crippen molar-refractivity contribution in [2.45, 2.75) is 262 Å². The van der Waals surface area contributed by atoms with Crippen molar-refractivity contribution in [3.05, 3.63) is 12.2 Å². The Kier molecular flexibility index (Phi) is 34.7. The molecule has 0 spiro atoms. The van der Waals surface area contributed by atoms with Crippen molar-refractivity contribution in [2.75, 3.05) is 13.2 Å². The van der Waals surface area contributed by atoms with Gasteiger partial charge in [-0.15, -0.1) is 0 Å². The van der Waals surface area contributed by atoms with Crippen molar-refractivity contribution in [1.29, 1.82) is 0 Å². The molecule has 8 N–H and O–H groups in total. The van der Waals surface area contributed by atoms with Crippen molar-refractivity contribution in [2.24, 2.45) is 0 Å². The lowest BCUT2D eigenvalue weighted by Crippen LogP contribution is -2.60. The van der Waals surface area contributed by atoms with E-state index in [0.717, 1.165) is 38.5 Å². The Bertz CT molecular complexity index is 939. The quantitative estimate of drug-likeness (QED) is 0.0226. The highest BCUT2D eigenvalue weighted by molar-refractivity contribution is 5.80. The molecule has 0 aromatic rings. The maximum Gasteiger partial charge on any atom is 0.249 e. The molecular weight excluding hydrogens is 727 g/mol. The first kappa shape index (κ1) is 53.9. The van der Waals surface area contributed by atoms with Crippen molar-refractivity contribution < 1.29 is 50.0 Å². The van der Waals surface area contributed by atoms with Gasteiger partial charge in [0.15, 0.2) is 6.29 Å². The van der Waals surface area contributed by atoms with Crippen LogP contribution >= 0.6 is 0 Å². The first-order valence-electron chi connectivity index (χ1n) is 23.6. The summed E-state index contributed by atoms with van der Waals surface area (Å²) in [7, 11) is 0. The minimum atomic E-state index is -1.66. The van der Waals surface area contributed by atoms with Crippen molar-refractivity contribution in [3.8, 4) is 0 Å². The molecule has 9 unspecified atom stereocenters. The number of hydrogen-bond donors (Lipinski definition) is 8. The molecule has 9 atom stereocenters. The van der Waals surface area contributed by atoms with E-state index in [1.54, 1.807) is 0 Å². The normalized spacial score (nSPS) is 22.2. The lowest BCUT2D eigenvalue weighted by Gasteiger charge is -2.40. The highest BCUT2D eigenvalue weighted by Gasteiger charge is 2.44. The lowest BCUT2D eigenvalue weighted by atomic mass is 9.98. The molecule has 0 aromatic carbocycles. The molecule has 0 radical (unpaired) electrons. The SMILES string of the molecule is CCCCCCCCCCCCCC/C=C\CCCCCCCCCCCCC(O)C(=O)NC(COC1OC(CO)C(O)C(O)C1O)C(O)C(O)CCCCCC. The molecule has 11 nitrogen and oxygen atoms in total. The van der Waals surface area contributed by atoms with E-state index in [2.05, 4.69) is 31.3 Å². The number of carbonyl (C=O) groups is 1. The summed E-state index contributed by atoms with van der Waals surface area (Å²) in [6, 6.07) is -1.16. The summed E-state index contributed by atoms with van der Waals surface area (Å²) < 4.78 is 11.0. The molecule has 1 aliphatic heterocycles. The fourth-order valence-electron chi connectivity index (χ4n) is 7.61. The molecular formula is C46H89NO10. The van der Waals surface area contributed by atoms with Gasteiger partial charge in [-0.3, -0.25) is 4.79 Å². The molecule has 0 bridgehead atoms. The Hall–Kier alpha value is -1.15. The first-order valence-corrected chi connectivity index (χ1v) is 23.6. The number of amides is 1. The first-order chi connectivity index (χ1) is 27.7. The summed E-state index contributed by atoms with van der Waals surface area (Å²) >= 11 is 0. The number of rotatable bonds is 39. The Morgan fingerprint density at radius 2 is 1.02 bits per heavy atom. The van der Waals surface area contributed by atoms with Crippen molar-refractivity contribution in [1.82, 2.24) is 5.32 Å². The second kappa shape index (κ2) is 36.7. The average Bonchev–Trinajstić information content (AvgIpc) is 3.21. The fraction of sp³-hybridized carbons (Fsp3) is 0.935. The van der Waals surface area contributed by atoms with Crippen LogP contribution in [0.1, 0.15) is 206 Å². The molecule has 11 heteroatoms. The Morgan fingerprint density at radius 3 is 1.49 bits per heavy atom. The average molecular weight is 816 g/mol. The van der Waals surface area contributed by atoms with Crippen LogP contribution in [0.25, 0.3) is 0 Å². The maximum atomic E-state index is 13.0. The molecule has 1 saturated heterocycles. The van der Waals surface area contributed by atoms with Crippen LogP contribution in [0.3, 0.4) is 0 Å². The van der Waals surface area contributed by atoms with Crippen molar-refractivity contribution >= 4 is 5.91 Å². The van der Waals surface area contributed by atoms with Gasteiger partial charge < -0.3 is 50.5 Å². The summed E-state index contributed by atoms with van der Waals surface area (Å²) in [6.07, 6.45) is 28.0. The Labute approximate surface area is 347 Å². The third-order valence-corrected chi connectivity index (χ3v) is 11.6. The molecule has 1 fully saturated rings. The van der Waals surface area contributed by atoms with Gasteiger partial charge >= 0.3 is 0 Å². The molecule has 1 aliphatic rings. The maximum absolute atomic E-state index is 13.0. The molecule has 0 aromatic heterocycles. The number of ether oxygens (including phenoxy) is 2. The number of aliphatic hydroxyl groups excluding tert-OH is 7. The van der Waals surface area contributed by atoms with Gasteiger partial charge in [-0.25, -0.2) is 0 Å². The standard InChI is InChI=1S/C46H89NO10/c1-3-5-7-9-10-11-12-13-14-15-16-17-18-19-20-21-22-23-24-25-26-27-28-29-30-32-34-39(50)45(55)47-37(41(51)38(49)33-31-8-6-4-2)36-56-46-44(54)43(53)42(52)40(35-48)57-46/h19-20,37-44,46,48-54H,3-18,21-36H2,1-2H3,(H,47,55)/b20-19-. The summed E-state index contributed by atoms with van der Waals surface area (Å²) in [5, 5.41) is 74.8. The van der Waals surface area contributed by atoms with Crippen LogP contribution in [0.4, 0.5) is 0 Å². The Balaban J connectivity index is 2.18. The van der Waals surface area contributed by atoms with Gasteiger partial charge in [0, 0.05) is 0 Å². The highest BCUT2D eigenvalue weighted by atomic mass is 16.7. The molecule has 1 amide bonds. The summed E-state index contributed by atoms with van der Waals surface area (Å²) in [6.45, 7) is 3.29. The second-order valence-corrected chi connectivity index (χ2v) is 16.8. The molecule has 57 heavy (non-hydrogen) atoms. The van der Waals surface area contributed by atoms with Crippen LogP contribution in [0.5, 0.6) is 0 Å². The predicted molar refractivity (Wildman–Crippen MR) is 229 cm³/mol. The van der Waals surface area contributed by atoms with Gasteiger partial charge in [-0.05, 0) is 38.5 Å². The van der Waals surface area contributed by atoms with Crippen LogP contribution in [0.2, 0.25) is 0 Å². The van der Waals surface area contributed by atoms with E-state index in [-0.39, 0.29) is 6.42 Å². The third kappa shape index (κ3) is 26.6. The van der Waals surface area contributed by atoms with E-state index >= 15 is 0 Å². The largest absolute Gasteiger partial charge is 0.394 e. The summed E-state index contributed by atoms with van der Waals surface area (Å²) in [4.78, 5) is 13.0. The predicted octanol–water partition coefficient (Wildman–Crippen LogP) is 7.67. The third-order valence-electron chi connectivity index (χ3n) is 11.6. The van der Waals surface area contributed by atoms with Crippen LogP contribution in [0, 0.1) is 0 Å². The monoisotopic (exact) mass is 816 g/mol. The van der Waals surface area contributed by atoms with E-state index in [1.807, 2.05) is 0 Å². The van der Waals surface area contributed by atoms with Crippen molar-refractivity contribution in [3.63, 3.8) is 0 Å². The van der Waals surface area contributed by atoms with Gasteiger partial charge in [0.1, 0.15) is 36.6 Å². The van der Waals surface area contributed by atoms with E-state index in [1.165, 1.54) is 128 Å². The summed E-state index contributed by atoms with van der Waals surface area (Å²) in [5.41, 5.74) is 0. The minimum absolute atomic E-state index is 0.260. The second-order valence-electron chi connectivity index (χ2n) is 16.8. The molecule has 1 rings (SSSR count).